The molecule has 2 aromatic carbocycles. The van der Waals surface area contributed by atoms with Crippen LogP contribution in [-0.4, -0.2) is 63.0 Å². The van der Waals surface area contributed by atoms with E-state index in [1.54, 1.807) is 48.8 Å². The molecule has 0 saturated carbocycles. The lowest BCUT2D eigenvalue weighted by atomic mass is 10.0. The smallest absolute Gasteiger partial charge is 0.264 e. The van der Waals surface area contributed by atoms with Crippen LogP contribution in [0.3, 0.4) is 0 Å². The van der Waals surface area contributed by atoms with Gasteiger partial charge in [-0.25, -0.2) is 4.98 Å². The number of imidazole rings is 1. The van der Waals surface area contributed by atoms with Crippen molar-refractivity contribution < 1.29 is 28.8 Å². The largest absolute Gasteiger partial charge is 0.379 e. The number of rotatable bonds is 11. The summed E-state index contributed by atoms with van der Waals surface area (Å²) in [7, 11) is 0. The molecule has 0 spiro atoms. The minimum absolute atomic E-state index is 0.0546. The van der Waals surface area contributed by atoms with Crippen molar-refractivity contribution in [2.24, 2.45) is 0 Å². The van der Waals surface area contributed by atoms with E-state index in [1.165, 1.54) is 0 Å². The summed E-state index contributed by atoms with van der Waals surface area (Å²) >= 11 is 0. The van der Waals surface area contributed by atoms with Crippen molar-refractivity contribution in [3.63, 3.8) is 0 Å². The van der Waals surface area contributed by atoms with E-state index in [-0.39, 0.29) is 36.4 Å². The lowest BCUT2D eigenvalue weighted by molar-refractivity contribution is -0.136. The SMILES string of the molecule is O=CNc1ccc(C(=O)NCCCn2cnc(CNc3cccc4c3C(=O)N(C3CCC(=O)NC3=O)C4=O)c2)cc1. The Bertz CT molecular complexity index is 1530. The van der Waals surface area contributed by atoms with Crippen molar-refractivity contribution in [3.05, 3.63) is 77.4 Å². The number of piperidine rings is 1. The molecule has 3 aromatic rings. The number of anilines is 2. The Balaban J connectivity index is 1.13. The summed E-state index contributed by atoms with van der Waals surface area (Å²) in [6, 6.07) is 10.4. The Hall–Kier alpha value is -5.33. The summed E-state index contributed by atoms with van der Waals surface area (Å²) in [6.45, 7) is 1.36. The van der Waals surface area contributed by atoms with E-state index in [2.05, 4.69) is 26.3 Å². The molecule has 6 amide bonds. The van der Waals surface area contributed by atoms with Gasteiger partial charge in [0.15, 0.2) is 0 Å². The van der Waals surface area contributed by atoms with E-state index in [1.807, 2.05) is 10.8 Å². The molecule has 1 aromatic heterocycles. The number of benzene rings is 2. The number of carbonyl (C=O) groups excluding carboxylic acids is 6. The third-order valence-electron chi connectivity index (χ3n) is 6.87. The van der Waals surface area contributed by atoms with Crippen LogP contribution in [0, 0.1) is 0 Å². The number of hydrogen-bond donors (Lipinski definition) is 4. The monoisotopic (exact) mass is 557 g/mol. The molecule has 13 nitrogen and oxygen atoms in total. The van der Waals surface area contributed by atoms with Crippen LogP contribution in [-0.2, 0) is 27.5 Å². The predicted octanol–water partition coefficient (Wildman–Crippen LogP) is 1.28. The van der Waals surface area contributed by atoms with E-state index in [0.717, 1.165) is 4.90 Å². The standard InChI is InChI=1S/C28H27N7O6/c36-16-32-18-7-5-17(6-8-18)25(38)29-11-2-12-34-14-19(31-15-34)13-30-21-4-1-3-20-24(21)28(41)35(27(20)40)22-9-10-23(37)33-26(22)39/h1,3-8,14-16,22,30H,2,9-13H2,(H,29,38)(H,32,36)(H,33,37,39). The highest BCUT2D eigenvalue weighted by Gasteiger charge is 2.45. The molecule has 0 bridgehead atoms. The highest BCUT2D eigenvalue weighted by Crippen LogP contribution is 2.32. The summed E-state index contributed by atoms with van der Waals surface area (Å²) in [5.41, 5.74) is 2.63. The van der Waals surface area contributed by atoms with Crippen LogP contribution >= 0.6 is 0 Å². The zero-order valence-corrected chi connectivity index (χ0v) is 21.9. The highest BCUT2D eigenvalue weighted by molar-refractivity contribution is 6.25. The minimum Gasteiger partial charge on any atom is -0.379 e. The molecule has 1 fully saturated rings. The second kappa shape index (κ2) is 11.8. The zero-order chi connectivity index (χ0) is 28.9. The second-order valence-electron chi connectivity index (χ2n) is 9.58. The van der Waals surface area contributed by atoms with Gasteiger partial charge in [0.25, 0.3) is 17.7 Å². The topological polar surface area (TPSA) is 172 Å². The number of nitrogens with zero attached hydrogens (tertiary/aromatic N) is 3. The van der Waals surface area contributed by atoms with Crippen LogP contribution in [0.1, 0.15) is 56.0 Å². The molecule has 1 atom stereocenters. The first-order chi connectivity index (χ1) is 19.9. The number of nitrogens with one attached hydrogen (secondary N) is 4. The van der Waals surface area contributed by atoms with E-state index in [9.17, 15) is 28.8 Å². The third kappa shape index (κ3) is 5.83. The van der Waals surface area contributed by atoms with Gasteiger partial charge in [-0.1, -0.05) is 6.07 Å². The molecule has 5 rings (SSSR count). The molecule has 0 radical (unpaired) electrons. The molecule has 2 aliphatic heterocycles. The Morgan fingerprint density at radius 1 is 1.07 bits per heavy atom. The summed E-state index contributed by atoms with van der Waals surface area (Å²) in [4.78, 5) is 78.2. The molecule has 1 unspecified atom stereocenters. The fourth-order valence-electron chi connectivity index (χ4n) is 4.82. The molecular formula is C28H27N7O6. The van der Waals surface area contributed by atoms with Gasteiger partial charge in [-0.3, -0.25) is 39.0 Å². The molecule has 4 N–H and O–H groups in total. The van der Waals surface area contributed by atoms with Crippen LogP contribution in [0.15, 0.2) is 55.0 Å². The van der Waals surface area contributed by atoms with Crippen molar-refractivity contribution in [2.75, 3.05) is 17.2 Å². The molecule has 41 heavy (non-hydrogen) atoms. The van der Waals surface area contributed by atoms with E-state index >= 15 is 0 Å². The number of carbonyl (C=O) groups is 6. The van der Waals surface area contributed by atoms with Crippen LogP contribution < -0.4 is 21.3 Å². The average Bonchev–Trinajstić information content (AvgIpc) is 3.52. The lowest BCUT2D eigenvalue weighted by Gasteiger charge is -2.27. The molecule has 13 heteroatoms. The number of imide groups is 2. The maximum atomic E-state index is 13.2. The normalized spacial score (nSPS) is 16.3. The molecule has 3 heterocycles. The fourth-order valence-corrected chi connectivity index (χ4v) is 4.82. The Labute approximate surface area is 234 Å². The Morgan fingerprint density at radius 3 is 2.63 bits per heavy atom. The van der Waals surface area contributed by atoms with Gasteiger partial charge in [0.1, 0.15) is 6.04 Å². The van der Waals surface area contributed by atoms with Crippen LogP contribution in [0.5, 0.6) is 0 Å². The molecule has 210 valence electrons. The first-order valence-corrected chi connectivity index (χ1v) is 13.0. The van der Waals surface area contributed by atoms with Gasteiger partial charge < -0.3 is 20.5 Å². The fraction of sp³-hybridized carbons (Fsp3) is 0.250. The summed E-state index contributed by atoms with van der Waals surface area (Å²) in [5.74, 6) is -2.43. The summed E-state index contributed by atoms with van der Waals surface area (Å²) in [5, 5.41) is 10.7. The van der Waals surface area contributed by atoms with Gasteiger partial charge >= 0.3 is 0 Å². The predicted molar refractivity (Wildman–Crippen MR) is 146 cm³/mol. The van der Waals surface area contributed by atoms with Gasteiger partial charge in [-0.2, -0.15) is 0 Å². The van der Waals surface area contributed by atoms with E-state index in [4.69, 9.17) is 0 Å². The van der Waals surface area contributed by atoms with Crippen molar-refractivity contribution in [1.29, 1.82) is 0 Å². The lowest BCUT2D eigenvalue weighted by Crippen LogP contribution is -2.54. The van der Waals surface area contributed by atoms with Crippen LogP contribution in [0.4, 0.5) is 11.4 Å². The number of aromatic nitrogens is 2. The van der Waals surface area contributed by atoms with Crippen molar-refractivity contribution in [1.82, 2.24) is 25.1 Å². The van der Waals surface area contributed by atoms with Crippen LogP contribution in [0.2, 0.25) is 0 Å². The van der Waals surface area contributed by atoms with Gasteiger partial charge in [0.2, 0.25) is 18.2 Å². The van der Waals surface area contributed by atoms with Gasteiger partial charge in [0, 0.05) is 42.6 Å². The molecule has 1 saturated heterocycles. The maximum absolute atomic E-state index is 13.2. The summed E-state index contributed by atoms with van der Waals surface area (Å²) < 4.78 is 1.89. The third-order valence-corrected chi connectivity index (χ3v) is 6.87. The molecule has 2 aliphatic rings. The number of hydrogen-bond acceptors (Lipinski definition) is 8. The van der Waals surface area contributed by atoms with Crippen molar-refractivity contribution >= 4 is 47.3 Å². The second-order valence-corrected chi connectivity index (χ2v) is 9.58. The van der Waals surface area contributed by atoms with Crippen molar-refractivity contribution in [3.8, 4) is 0 Å². The Kier molecular flexibility index (Phi) is 7.85. The number of amides is 6. The first-order valence-electron chi connectivity index (χ1n) is 13.0. The van der Waals surface area contributed by atoms with Crippen molar-refractivity contribution in [2.45, 2.75) is 38.4 Å². The average molecular weight is 558 g/mol. The zero-order valence-electron chi connectivity index (χ0n) is 21.9. The first kappa shape index (κ1) is 27.2. The van der Waals surface area contributed by atoms with Gasteiger partial charge in [-0.05, 0) is 49.2 Å². The number of aryl methyl sites for hydroxylation is 1. The summed E-state index contributed by atoms with van der Waals surface area (Å²) in [6.07, 6.45) is 4.90. The molecular weight excluding hydrogens is 530 g/mol. The van der Waals surface area contributed by atoms with E-state index < -0.39 is 29.7 Å². The van der Waals surface area contributed by atoms with E-state index in [0.29, 0.717) is 48.6 Å². The minimum atomic E-state index is -1.03. The maximum Gasteiger partial charge on any atom is 0.264 e. The number of fused-ring (bicyclic) bond motifs is 1. The molecule has 0 aliphatic carbocycles. The quantitative estimate of drug-likeness (QED) is 0.155. The van der Waals surface area contributed by atoms with Gasteiger partial charge in [0.05, 0.1) is 29.7 Å². The highest BCUT2D eigenvalue weighted by atomic mass is 16.2. The van der Waals surface area contributed by atoms with Crippen LogP contribution in [0.25, 0.3) is 0 Å². The Morgan fingerprint density at radius 2 is 1.88 bits per heavy atom. The van der Waals surface area contributed by atoms with Gasteiger partial charge in [-0.15, -0.1) is 0 Å².